The normalized spacial score (nSPS) is 31.8. The van der Waals surface area contributed by atoms with Gasteiger partial charge in [-0.1, -0.05) is 0 Å². The van der Waals surface area contributed by atoms with E-state index in [9.17, 15) is 8.42 Å². The van der Waals surface area contributed by atoms with Gasteiger partial charge in [0.15, 0.2) is 5.03 Å². The second kappa shape index (κ2) is 4.55. The van der Waals surface area contributed by atoms with E-state index in [2.05, 4.69) is 4.98 Å². The number of nitrogens with zero attached hydrogens (tertiary/aromatic N) is 3. The minimum Gasteiger partial charge on any atom is -0.380 e. The van der Waals surface area contributed by atoms with Crippen LogP contribution in [0.2, 0.25) is 0 Å². The van der Waals surface area contributed by atoms with E-state index in [1.807, 2.05) is 0 Å². The molecule has 8 heteroatoms. The fraction of sp³-hybridized carbons (Fsp3) is 0.727. The van der Waals surface area contributed by atoms with Crippen LogP contribution in [-0.2, 0) is 26.5 Å². The van der Waals surface area contributed by atoms with E-state index in [1.54, 1.807) is 18.7 Å². The number of hydrogen-bond donors (Lipinski definition) is 0. The monoisotopic (exact) mass is 287 g/mol. The molecule has 0 unspecified atom stereocenters. The summed E-state index contributed by atoms with van der Waals surface area (Å²) in [7, 11) is -0.220. The van der Waals surface area contributed by atoms with Crippen molar-refractivity contribution >= 4 is 10.0 Å². The van der Waals surface area contributed by atoms with Crippen LogP contribution in [0.1, 0.15) is 0 Å². The molecule has 1 aromatic heterocycles. The maximum Gasteiger partial charge on any atom is 0.262 e. The molecule has 3 rings (SSSR count). The first-order chi connectivity index (χ1) is 9.04. The van der Waals surface area contributed by atoms with Gasteiger partial charge in [-0.15, -0.1) is 0 Å². The number of methoxy groups -OCH3 is 1. The second-order valence-electron chi connectivity index (χ2n) is 4.99. The number of sulfonamides is 1. The first kappa shape index (κ1) is 13.0. The zero-order chi connectivity index (χ0) is 13.6. The maximum absolute atomic E-state index is 12.6. The lowest BCUT2D eigenvalue weighted by molar-refractivity contribution is 0.0599. The number of rotatable bonds is 3. The SMILES string of the molecule is CO[C@H]1CN(S(=O)(=O)c2cn(C)cn2)[C@@H]2COC[C@H]12. The Labute approximate surface area is 112 Å². The molecule has 7 nitrogen and oxygen atoms in total. The Morgan fingerprint density at radius 2 is 2.26 bits per heavy atom. The van der Waals surface area contributed by atoms with Gasteiger partial charge in [-0.25, -0.2) is 13.4 Å². The van der Waals surface area contributed by atoms with E-state index in [4.69, 9.17) is 9.47 Å². The Bertz CT molecular complexity index is 570. The van der Waals surface area contributed by atoms with Gasteiger partial charge in [-0.2, -0.15) is 4.31 Å². The van der Waals surface area contributed by atoms with E-state index in [1.165, 1.54) is 16.8 Å². The topological polar surface area (TPSA) is 73.7 Å². The highest BCUT2D eigenvalue weighted by atomic mass is 32.2. The van der Waals surface area contributed by atoms with Gasteiger partial charge >= 0.3 is 0 Å². The summed E-state index contributed by atoms with van der Waals surface area (Å²) >= 11 is 0. The minimum absolute atomic E-state index is 0.0809. The van der Waals surface area contributed by atoms with Gasteiger partial charge in [0, 0.05) is 32.8 Å². The third-order valence-corrected chi connectivity index (χ3v) is 5.63. The summed E-state index contributed by atoms with van der Waals surface area (Å²) in [5.41, 5.74) is 0. The average molecular weight is 287 g/mol. The van der Waals surface area contributed by atoms with Crippen LogP contribution < -0.4 is 0 Å². The smallest absolute Gasteiger partial charge is 0.262 e. The molecule has 1 aromatic rings. The lowest BCUT2D eigenvalue weighted by Gasteiger charge is -2.20. The van der Waals surface area contributed by atoms with Crippen molar-refractivity contribution in [2.45, 2.75) is 17.2 Å². The highest BCUT2D eigenvalue weighted by molar-refractivity contribution is 7.89. The number of imidazole rings is 1. The predicted octanol–water partition coefficient (Wildman–Crippen LogP) is -0.546. The third-order valence-electron chi connectivity index (χ3n) is 3.86. The van der Waals surface area contributed by atoms with Gasteiger partial charge in [0.2, 0.25) is 0 Å². The largest absolute Gasteiger partial charge is 0.380 e. The molecule has 0 radical (unpaired) electrons. The zero-order valence-electron chi connectivity index (χ0n) is 10.9. The van der Waals surface area contributed by atoms with E-state index in [0.717, 1.165) is 0 Å². The molecular formula is C11H17N3O4S. The number of fused-ring (bicyclic) bond motifs is 1. The van der Waals surface area contributed by atoms with Crippen molar-refractivity contribution in [3.63, 3.8) is 0 Å². The summed E-state index contributed by atoms with van der Waals surface area (Å²) in [6.07, 6.45) is 2.89. The number of aromatic nitrogens is 2. The first-order valence-corrected chi connectivity index (χ1v) is 7.58. The van der Waals surface area contributed by atoms with Crippen LogP contribution in [0.3, 0.4) is 0 Å². The van der Waals surface area contributed by atoms with Crippen molar-refractivity contribution in [2.75, 3.05) is 26.9 Å². The van der Waals surface area contributed by atoms with Gasteiger partial charge in [0.05, 0.1) is 31.7 Å². The van der Waals surface area contributed by atoms with Crippen molar-refractivity contribution in [1.82, 2.24) is 13.9 Å². The number of ether oxygens (including phenoxy) is 2. The molecule has 0 bridgehead atoms. The summed E-state index contributed by atoms with van der Waals surface area (Å²) in [5.74, 6) is 0.114. The molecule has 0 N–H and O–H groups in total. The Morgan fingerprint density at radius 3 is 2.89 bits per heavy atom. The molecule has 0 aliphatic carbocycles. The molecule has 3 heterocycles. The van der Waals surface area contributed by atoms with E-state index < -0.39 is 10.0 Å². The van der Waals surface area contributed by atoms with Gasteiger partial charge in [0.1, 0.15) is 0 Å². The van der Waals surface area contributed by atoms with Crippen LogP contribution in [0, 0.1) is 5.92 Å². The number of aryl methyl sites for hydroxylation is 1. The first-order valence-electron chi connectivity index (χ1n) is 6.14. The van der Waals surface area contributed by atoms with E-state index in [-0.39, 0.29) is 23.1 Å². The molecule has 0 saturated carbocycles. The number of hydrogen-bond acceptors (Lipinski definition) is 5. The van der Waals surface area contributed by atoms with Gasteiger partial charge in [-0.05, 0) is 0 Å². The molecule has 2 aliphatic heterocycles. The molecule has 0 spiro atoms. The summed E-state index contributed by atoms with van der Waals surface area (Å²) in [6.45, 7) is 1.35. The third kappa shape index (κ3) is 1.99. The van der Waals surface area contributed by atoms with Crippen molar-refractivity contribution in [3.8, 4) is 0 Å². The summed E-state index contributed by atoms with van der Waals surface area (Å²) in [4.78, 5) is 3.95. The fourth-order valence-electron chi connectivity index (χ4n) is 2.83. The maximum atomic E-state index is 12.6. The molecule has 0 aromatic carbocycles. The average Bonchev–Trinajstić information content (AvgIpc) is 3.02. The van der Waals surface area contributed by atoms with Crippen LogP contribution in [0.15, 0.2) is 17.6 Å². The summed E-state index contributed by atoms with van der Waals surface area (Å²) in [5, 5.41) is 0.0809. The zero-order valence-corrected chi connectivity index (χ0v) is 11.7. The highest BCUT2D eigenvalue weighted by Gasteiger charge is 2.50. The molecular weight excluding hydrogens is 270 g/mol. The van der Waals surface area contributed by atoms with Gasteiger partial charge < -0.3 is 14.0 Å². The Kier molecular flexibility index (Phi) is 3.12. The molecule has 2 fully saturated rings. The van der Waals surface area contributed by atoms with Crippen LogP contribution in [0.5, 0.6) is 0 Å². The Morgan fingerprint density at radius 1 is 1.47 bits per heavy atom. The van der Waals surface area contributed by atoms with E-state index >= 15 is 0 Å². The van der Waals surface area contributed by atoms with Crippen molar-refractivity contribution in [2.24, 2.45) is 13.0 Å². The summed E-state index contributed by atoms with van der Waals surface area (Å²) in [6, 6.07) is -0.142. The second-order valence-corrected chi connectivity index (χ2v) is 6.83. The lowest BCUT2D eigenvalue weighted by Crippen LogP contribution is -2.38. The van der Waals surface area contributed by atoms with Crippen molar-refractivity contribution in [3.05, 3.63) is 12.5 Å². The summed E-state index contributed by atoms with van der Waals surface area (Å²) < 4.78 is 39.1. The molecule has 106 valence electrons. The molecule has 3 atom stereocenters. The molecule has 2 aliphatic rings. The molecule has 19 heavy (non-hydrogen) atoms. The van der Waals surface area contributed by atoms with Crippen molar-refractivity contribution in [1.29, 1.82) is 0 Å². The van der Waals surface area contributed by atoms with Gasteiger partial charge in [0.25, 0.3) is 10.0 Å². The lowest BCUT2D eigenvalue weighted by atomic mass is 10.0. The predicted molar refractivity (Wildman–Crippen MR) is 66.0 cm³/mol. The Hall–Kier alpha value is -0.960. The van der Waals surface area contributed by atoms with Crippen LogP contribution >= 0.6 is 0 Å². The molecule has 2 saturated heterocycles. The van der Waals surface area contributed by atoms with Crippen LogP contribution in [0.25, 0.3) is 0 Å². The van der Waals surface area contributed by atoms with Gasteiger partial charge in [-0.3, -0.25) is 0 Å². The van der Waals surface area contributed by atoms with Crippen molar-refractivity contribution < 1.29 is 17.9 Å². The van der Waals surface area contributed by atoms with Crippen LogP contribution in [0.4, 0.5) is 0 Å². The fourth-order valence-corrected chi connectivity index (χ4v) is 4.46. The minimum atomic E-state index is -3.57. The molecule has 0 amide bonds. The highest BCUT2D eigenvalue weighted by Crippen LogP contribution is 2.35. The standard InChI is InChI=1S/C11H17N3O4S/c1-13-4-11(12-7-13)19(15,16)14-3-10(17-2)8-5-18-6-9(8)14/h4,7-10H,3,5-6H2,1-2H3/t8-,9+,10-/m0/s1. The van der Waals surface area contributed by atoms with E-state index in [0.29, 0.717) is 19.8 Å². The van der Waals surface area contributed by atoms with Crippen LogP contribution in [-0.4, -0.2) is 61.3 Å². The quantitative estimate of drug-likeness (QED) is 0.746. The Balaban J connectivity index is 1.93.